The third kappa shape index (κ3) is 2.61. The second-order valence-corrected chi connectivity index (χ2v) is 5.51. The molecule has 0 aliphatic heterocycles. The highest BCUT2D eigenvalue weighted by Crippen LogP contribution is 2.28. The summed E-state index contributed by atoms with van der Waals surface area (Å²) < 4.78 is 18.9. The van der Waals surface area contributed by atoms with Crippen LogP contribution < -0.4 is 5.32 Å². The van der Waals surface area contributed by atoms with Gasteiger partial charge in [-0.2, -0.15) is 0 Å². The van der Waals surface area contributed by atoms with Crippen LogP contribution in [0.3, 0.4) is 0 Å². The zero-order valence-electron chi connectivity index (χ0n) is 10.1. The van der Waals surface area contributed by atoms with E-state index in [1.54, 1.807) is 18.4 Å². The predicted octanol–water partition coefficient (Wildman–Crippen LogP) is 4.11. The summed E-state index contributed by atoms with van der Waals surface area (Å²) in [6.07, 6.45) is 1.57. The van der Waals surface area contributed by atoms with Crippen LogP contribution in [0.15, 0.2) is 22.8 Å². The lowest BCUT2D eigenvalue weighted by Gasteiger charge is -2.19. The summed E-state index contributed by atoms with van der Waals surface area (Å²) >= 11 is 5.70. The van der Waals surface area contributed by atoms with Crippen molar-refractivity contribution in [3.05, 3.63) is 34.8 Å². The molecule has 2 rings (SSSR count). The van der Waals surface area contributed by atoms with Gasteiger partial charge >= 0.3 is 0 Å². The van der Waals surface area contributed by atoms with Gasteiger partial charge < -0.3 is 9.73 Å². The number of hydrogen-bond acceptors (Lipinski definition) is 2. The van der Waals surface area contributed by atoms with Gasteiger partial charge in [0.25, 0.3) is 0 Å². The number of fused-ring (bicyclic) bond motifs is 1. The van der Waals surface area contributed by atoms with Crippen LogP contribution in [0.2, 0.25) is 5.02 Å². The van der Waals surface area contributed by atoms with Crippen molar-refractivity contribution in [3.63, 3.8) is 0 Å². The third-order valence-corrected chi connectivity index (χ3v) is 2.82. The largest absolute Gasteiger partial charge is 0.461 e. The number of nitrogens with one attached hydrogen (secondary N) is 1. The number of halogens is 2. The molecule has 0 saturated carbocycles. The molecule has 0 saturated heterocycles. The van der Waals surface area contributed by atoms with Gasteiger partial charge in [0.1, 0.15) is 0 Å². The van der Waals surface area contributed by atoms with Crippen molar-refractivity contribution < 1.29 is 8.81 Å². The molecule has 4 heteroatoms. The van der Waals surface area contributed by atoms with Gasteiger partial charge in [-0.25, -0.2) is 4.39 Å². The van der Waals surface area contributed by atoms with E-state index in [2.05, 4.69) is 26.1 Å². The van der Waals surface area contributed by atoms with Crippen LogP contribution in [0, 0.1) is 5.82 Å². The van der Waals surface area contributed by atoms with Crippen LogP contribution in [0.4, 0.5) is 4.39 Å². The maximum absolute atomic E-state index is 13.6. The van der Waals surface area contributed by atoms with E-state index in [0.717, 1.165) is 10.9 Å². The van der Waals surface area contributed by atoms with Gasteiger partial charge in [0, 0.05) is 23.0 Å². The summed E-state index contributed by atoms with van der Waals surface area (Å²) in [4.78, 5) is 0. The first kappa shape index (κ1) is 12.4. The predicted molar refractivity (Wildman–Crippen MR) is 67.8 cm³/mol. The van der Waals surface area contributed by atoms with Crippen molar-refractivity contribution >= 4 is 22.6 Å². The fourth-order valence-corrected chi connectivity index (χ4v) is 1.74. The maximum Gasteiger partial charge on any atom is 0.184 e. The number of benzene rings is 1. The molecular formula is C13H15ClFNO. The normalized spacial score (nSPS) is 12.3. The Kier molecular flexibility index (Phi) is 3.15. The van der Waals surface area contributed by atoms with Crippen molar-refractivity contribution in [1.82, 2.24) is 5.32 Å². The molecule has 2 aromatic rings. The second-order valence-electron chi connectivity index (χ2n) is 5.10. The van der Waals surface area contributed by atoms with Crippen LogP contribution in [-0.4, -0.2) is 5.54 Å². The van der Waals surface area contributed by atoms with Crippen molar-refractivity contribution in [2.24, 2.45) is 0 Å². The lowest BCUT2D eigenvalue weighted by Crippen LogP contribution is -2.34. The summed E-state index contributed by atoms with van der Waals surface area (Å²) in [6, 6.07) is 3.33. The molecule has 0 bridgehead atoms. The smallest absolute Gasteiger partial charge is 0.184 e. The van der Waals surface area contributed by atoms with Gasteiger partial charge in [-0.1, -0.05) is 11.6 Å². The van der Waals surface area contributed by atoms with Crippen molar-refractivity contribution in [2.45, 2.75) is 32.9 Å². The first-order valence-electron chi connectivity index (χ1n) is 5.47. The average Bonchev–Trinajstić information content (AvgIpc) is 2.63. The van der Waals surface area contributed by atoms with E-state index < -0.39 is 5.82 Å². The Morgan fingerprint density at radius 3 is 2.71 bits per heavy atom. The van der Waals surface area contributed by atoms with Gasteiger partial charge in [0.15, 0.2) is 11.4 Å². The minimum absolute atomic E-state index is 0.00850. The molecule has 2 nitrogen and oxygen atoms in total. The van der Waals surface area contributed by atoms with E-state index in [9.17, 15) is 4.39 Å². The van der Waals surface area contributed by atoms with Gasteiger partial charge in [0.05, 0.1) is 11.3 Å². The van der Waals surface area contributed by atoms with Crippen LogP contribution in [-0.2, 0) is 6.54 Å². The molecule has 92 valence electrons. The van der Waals surface area contributed by atoms with E-state index in [1.165, 1.54) is 0 Å². The highest BCUT2D eigenvalue weighted by atomic mass is 35.5. The summed E-state index contributed by atoms with van der Waals surface area (Å²) in [5.41, 5.74) is 1.17. The molecule has 0 aliphatic carbocycles. The number of hydrogen-bond donors (Lipinski definition) is 1. The molecule has 0 aliphatic rings. The Balaban J connectivity index is 2.34. The van der Waals surface area contributed by atoms with E-state index in [-0.39, 0.29) is 16.1 Å². The van der Waals surface area contributed by atoms with Crippen molar-refractivity contribution in [1.29, 1.82) is 0 Å². The first-order chi connectivity index (χ1) is 7.88. The zero-order valence-corrected chi connectivity index (χ0v) is 10.9. The summed E-state index contributed by atoms with van der Waals surface area (Å²) in [7, 11) is 0. The summed E-state index contributed by atoms with van der Waals surface area (Å²) in [5.74, 6) is -0.494. The van der Waals surface area contributed by atoms with Gasteiger partial charge in [-0.15, -0.1) is 0 Å². The Bertz CT molecular complexity index is 542. The van der Waals surface area contributed by atoms with E-state index in [0.29, 0.717) is 6.54 Å². The molecule has 1 aromatic heterocycles. The molecule has 1 aromatic carbocycles. The Hall–Kier alpha value is -1.06. The van der Waals surface area contributed by atoms with E-state index in [4.69, 9.17) is 16.0 Å². The van der Waals surface area contributed by atoms with Crippen LogP contribution >= 0.6 is 11.6 Å². The van der Waals surface area contributed by atoms with Crippen LogP contribution in [0.1, 0.15) is 26.3 Å². The average molecular weight is 256 g/mol. The lowest BCUT2D eigenvalue weighted by atomic mass is 10.1. The Morgan fingerprint density at radius 1 is 1.35 bits per heavy atom. The minimum atomic E-state index is -0.494. The third-order valence-electron chi connectivity index (χ3n) is 2.52. The summed E-state index contributed by atoms with van der Waals surface area (Å²) in [6.45, 7) is 6.86. The molecule has 17 heavy (non-hydrogen) atoms. The molecular weight excluding hydrogens is 241 g/mol. The Labute approximate surface area is 105 Å². The second kappa shape index (κ2) is 4.31. The lowest BCUT2D eigenvalue weighted by molar-refractivity contribution is 0.423. The first-order valence-corrected chi connectivity index (χ1v) is 5.85. The zero-order chi connectivity index (χ0) is 12.6. The number of furan rings is 1. The molecule has 0 unspecified atom stereocenters. The number of rotatable bonds is 2. The molecule has 0 atom stereocenters. The fraction of sp³-hybridized carbons (Fsp3) is 0.385. The van der Waals surface area contributed by atoms with E-state index in [1.807, 2.05) is 0 Å². The molecule has 0 fully saturated rings. The van der Waals surface area contributed by atoms with E-state index >= 15 is 0 Å². The monoisotopic (exact) mass is 255 g/mol. The molecule has 1 heterocycles. The topological polar surface area (TPSA) is 25.2 Å². The van der Waals surface area contributed by atoms with Gasteiger partial charge in [-0.3, -0.25) is 0 Å². The van der Waals surface area contributed by atoms with Gasteiger partial charge in [0.2, 0.25) is 0 Å². The standard InChI is InChI=1S/C13H15ClFNO/c1-13(2,3)16-6-8-7-17-12-9(8)4-5-10(14)11(12)15/h4-5,7,16H,6H2,1-3H3. The van der Waals surface area contributed by atoms with Gasteiger partial charge in [-0.05, 0) is 32.9 Å². The molecule has 0 amide bonds. The van der Waals surface area contributed by atoms with Crippen LogP contribution in [0.5, 0.6) is 0 Å². The highest BCUT2D eigenvalue weighted by molar-refractivity contribution is 6.31. The molecule has 0 spiro atoms. The summed E-state index contributed by atoms with van der Waals surface area (Å²) in [5, 5.41) is 4.19. The molecule has 0 radical (unpaired) electrons. The SMILES string of the molecule is CC(C)(C)NCc1coc2c(F)c(Cl)ccc12. The maximum atomic E-state index is 13.6. The Morgan fingerprint density at radius 2 is 2.06 bits per heavy atom. The quantitative estimate of drug-likeness (QED) is 0.874. The highest BCUT2D eigenvalue weighted by Gasteiger charge is 2.15. The minimum Gasteiger partial charge on any atom is -0.461 e. The molecule has 1 N–H and O–H groups in total. The van der Waals surface area contributed by atoms with Crippen LogP contribution in [0.25, 0.3) is 11.0 Å². The van der Waals surface area contributed by atoms with Crippen molar-refractivity contribution in [2.75, 3.05) is 0 Å². The van der Waals surface area contributed by atoms with Crippen molar-refractivity contribution in [3.8, 4) is 0 Å². The fourth-order valence-electron chi connectivity index (χ4n) is 1.59.